The van der Waals surface area contributed by atoms with Gasteiger partial charge in [-0.15, -0.1) is 11.6 Å². The molecule has 0 aromatic rings. The van der Waals surface area contributed by atoms with Gasteiger partial charge in [-0.25, -0.2) is 0 Å². The van der Waals surface area contributed by atoms with E-state index in [1.54, 1.807) is 0 Å². The Morgan fingerprint density at radius 3 is 2.65 bits per heavy atom. The predicted molar refractivity (Wildman–Crippen MR) is 71.4 cm³/mol. The summed E-state index contributed by atoms with van der Waals surface area (Å²) in [7, 11) is 4.22. The molecule has 0 bridgehead atoms. The zero-order chi connectivity index (χ0) is 13.1. The van der Waals surface area contributed by atoms with Gasteiger partial charge in [0.25, 0.3) is 0 Å². The van der Waals surface area contributed by atoms with Crippen molar-refractivity contribution in [2.24, 2.45) is 5.41 Å². The van der Waals surface area contributed by atoms with Crippen LogP contribution in [0.25, 0.3) is 0 Å². The fourth-order valence-corrected chi connectivity index (χ4v) is 1.95. The summed E-state index contributed by atoms with van der Waals surface area (Å²) in [6.07, 6.45) is 0. The molecular weight excluding hydrogens is 238 g/mol. The van der Waals surface area contributed by atoms with Crippen LogP contribution in [-0.2, 0) is 4.79 Å². The van der Waals surface area contributed by atoms with Crippen molar-refractivity contribution in [3.8, 4) is 0 Å². The Hall–Kier alpha value is -0.320. The first-order valence-electron chi connectivity index (χ1n) is 6.10. The Labute approximate surface area is 109 Å². The van der Waals surface area contributed by atoms with Gasteiger partial charge in [-0.1, -0.05) is 0 Å². The number of nitrogens with zero attached hydrogens (tertiary/aromatic N) is 2. The van der Waals surface area contributed by atoms with Crippen molar-refractivity contribution in [3.63, 3.8) is 0 Å². The lowest BCUT2D eigenvalue weighted by atomic mass is 9.95. The van der Waals surface area contributed by atoms with Crippen LogP contribution >= 0.6 is 11.6 Å². The van der Waals surface area contributed by atoms with Gasteiger partial charge in [0.2, 0.25) is 5.91 Å². The molecule has 5 heteroatoms. The van der Waals surface area contributed by atoms with Gasteiger partial charge in [0.15, 0.2) is 0 Å². The lowest BCUT2D eigenvalue weighted by Crippen LogP contribution is -2.55. The Morgan fingerprint density at radius 2 is 2.06 bits per heavy atom. The fraction of sp³-hybridized carbons (Fsp3) is 0.917. The summed E-state index contributed by atoms with van der Waals surface area (Å²) < 4.78 is 0. The molecule has 0 spiro atoms. The first-order chi connectivity index (χ1) is 7.86. The van der Waals surface area contributed by atoms with Gasteiger partial charge < -0.3 is 10.2 Å². The summed E-state index contributed by atoms with van der Waals surface area (Å²) in [4.78, 5) is 16.5. The molecule has 0 radical (unpaired) electrons. The maximum absolute atomic E-state index is 11.9. The van der Waals surface area contributed by atoms with E-state index >= 15 is 0 Å². The molecule has 1 rings (SSSR count). The second-order valence-electron chi connectivity index (χ2n) is 5.62. The highest BCUT2D eigenvalue weighted by atomic mass is 35.5. The number of piperazine rings is 1. The minimum Gasteiger partial charge on any atom is -0.354 e. The molecule has 100 valence electrons. The van der Waals surface area contributed by atoms with Crippen LogP contribution in [0.4, 0.5) is 0 Å². The SMILES string of the molecule is CN1CCN(C)C(CNC(=O)C(C)(C)CCl)C1. The highest BCUT2D eigenvalue weighted by Crippen LogP contribution is 2.17. The molecule has 0 aromatic carbocycles. The summed E-state index contributed by atoms with van der Waals surface area (Å²) in [6, 6.07) is 0.392. The molecule has 1 aliphatic heterocycles. The van der Waals surface area contributed by atoms with Crippen LogP contribution in [0.2, 0.25) is 0 Å². The van der Waals surface area contributed by atoms with Crippen LogP contribution in [0.5, 0.6) is 0 Å². The average molecular weight is 262 g/mol. The largest absolute Gasteiger partial charge is 0.354 e. The molecule has 0 aliphatic carbocycles. The van der Waals surface area contributed by atoms with Crippen LogP contribution in [0, 0.1) is 5.41 Å². The molecule has 1 atom stereocenters. The highest BCUT2D eigenvalue weighted by molar-refractivity contribution is 6.19. The van der Waals surface area contributed by atoms with Crippen LogP contribution < -0.4 is 5.32 Å². The molecule has 1 heterocycles. The Morgan fingerprint density at radius 1 is 1.41 bits per heavy atom. The maximum atomic E-state index is 11.9. The quantitative estimate of drug-likeness (QED) is 0.754. The third-order valence-electron chi connectivity index (χ3n) is 3.43. The number of nitrogens with one attached hydrogen (secondary N) is 1. The fourth-order valence-electron chi connectivity index (χ4n) is 1.83. The molecule has 0 saturated carbocycles. The van der Waals surface area contributed by atoms with Crippen molar-refractivity contribution in [2.45, 2.75) is 19.9 Å². The first-order valence-corrected chi connectivity index (χ1v) is 6.63. The van der Waals surface area contributed by atoms with E-state index in [2.05, 4.69) is 29.2 Å². The van der Waals surface area contributed by atoms with E-state index in [1.165, 1.54) is 0 Å². The molecule has 1 aliphatic rings. The zero-order valence-electron chi connectivity index (χ0n) is 11.3. The summed E-state index contributed by atoms with van der Waals surface area (Å²) in [6.45, 7) is 7.57. The Balaban J connectivity index is 2.42. The lowest BCUT2D eigenvalue weighted by Gasteiger charge is -2.38. The summed E-state index contributed by atoms with van der Waals surface area (Å²) in [5, 5.41) is 3.00. The number of carbonyl (C=O) groups is 1. The van der Waals surface area contributed by atoms with E-state index in [0.29, 0.717) is 18.5 Å². The number of rotatable bonds is 4. The number of alkyl halides is 1. The number of likely N-dealkylation sites (N-methyl/N-ethyl adjacent to an activating group) is 2. The number of hydrogen-bond donors (Lipinski definition) is 1. The number of hydrogen-bond acceptors (Lipinski definition) is 3. The third-order valence-corrected chi connectivity index (χ3v) is 4.10. The van der Waals surface area contributed by atoms with Crippen molar-refractivity contribution < 1.29 is 4.79 Å². The number of halogens is 1. The zero-order valence-corrected chi connectivity index (χ0v) is 12.0. The van der Waals surface area contributed by atoms with Gasteiger partial charge >= 0.3 is 0 Å². The summed E-state index contributed by atoms with van der Waals surface area (Å²) in [5.41, 5.74) is -0.485. The van der Waals surface area contributed by atoms with E-state index in [9.17, 15) is 4.79 Å². The maximum Gasteiger partial charge on any atom is 0.226 e. The van der Waals surface area contributed by atoms with E-state index in [1.807, 2.05) is 13.8 Å². The molecule has 1 fully saturated rings. The minimum absolute atomic E-state index is 0.0362. The second kappa shape index (κ2) is 6.03. The standard InChI is InChI=1S/C12H24ClN3O/c1-12(2,9-13)11(17)14-7-10-8-15(3)5-6-16(10)4/h10H,5-9H2,1-4H3,(H,14,17). The van der Waals surface area contributed by atoms with Gasteiger partial charge in [0.1, 0.15) is 0 Å². The molecule has 1 N–H and O–H groups in total. The van der Waals surface area contributed by atoms with Crippen LogP contribution in [0.1, 0.15) is 13.8 Å². The van der Waals surface area contributed by atoms with E-state index in [0.717, 1.165) is 19.6 Å². The third kappa shape index (κ3) is 4.12. The minimum atomic E-state index is -0.485. The molecular formula is C12H24ClN3O. The summed E-state index contributed by atoms with van der Waals surface area (Å²) >= 11 is 5.78. The topological polar surface area (TPSA) is 35.6 Å². The second-order valence-corrected chi connectivity index (χ2v) is 5.89. The highest BCUT2D eigenvalue weighted by Gasteiger charge is 2.28. The van der Waals surface area contributed by atoms with E-state index < -0.39 is 5.41 Å². The van der Waals surface area contributed by atoms with Crippen LogP contribution in [0.15, 0.2) is 0 Å². The Kier molecular flexibility index (Phi) is 5.22. The molecule has 1 amide bonds. The molecule has 1 unspecified atom stereocenters. The van der Waals surface area contributed by atoms with Gasteiger partial charge in [-0.3, -0.25) is 9.69 Å². The van der Waals surface area contributed by atoms with Crippen molar-refractivity contribution >= 4 is 17.5 Å². The molecule has 4 nitrogen and oxygen atoms in total. The summed E-state index contributed by atoms with van der Waals surface area (Å²) in [5.74, 6) is 0.383. The van der Waals surface area contributed by atoms with Crippen molar-refractivity contribution in [2.75, 3.05) is 46.2 Å². The lowest BCUT2D eigenvalue weighted by molar-refractivity contribution is -0.128. The van der Waals surface area contributed by atoms with Crippen LogP contribution in [-0.4, -0.2) is 67.9 Å². The van der Waals surface area contributed by atoms with Crippen molar-refractivity contribution in [1.29, 1.82) is 0 Å². The average Bonchev–Trinajstić information content (AvgIpc) is 2.29. The molecule has 17 heavy (non-hydrogen) atoms. The normalized spacial score (nSPS) is 23.7. The predicted octanol–water partition coefficient (Wildman–Crippen LogP) is 0.613. The van der Waals surface area contributed by atoms with Gasteiger partial charge in [0, 0.05) is 38.1 Å². The van der Waals surface area contributed by atoms with E-state index in [4.69, 9.17) is 11.6 Å². The van der Waals surface area contributed by atoms with E-state index in [-0.39, 0.29) is 5.91 Å². The van der Waals surface area contributed by atoms with Gasteiger partial charge in [0.05, 0.1) is 5.41 Å². The Bertz CT molecular complexity index is 270. The number of carbonyl (C=O) groups excluding carboxylic acids is 1. The molecule has 0 aromatic heterocycles. The number of amides is 1. The molecule has 1 saturated heterocycles. The van der Waals surface area contributed by atoms with Crippen molar-refractivity contribution in [1.82, 2.24) is 15.1 Å². The monoisotopic (exact) mass is 261 g/mol. The van der Waals surface area contributed by atoms with Gasteiger partial charge in [-0.2, -0.15) is 0 Å². The van der Waals surface area contributed by atoms with Crippen molar-refractivity contribution in [3.05, 3.63) is 0 Å². The first kappa shape index (κ1) is 14.7. The van der Waals surface area contributed by atoms with Gasteiger partial charge in [-0.05, 0) is 27.9 Å². The smallest absolute Gasteiger partial charge is 0.226 e. The van der Waals surface area contributed by atoms with Crippen LogP contribution in [0.3, 0.4) is 0 Å².